The largest absolute Gasteiger partial charge is 0.348 e. The Bertz CT molecular complexity index is 1130. The van der Waals surface area contributed by atoms with Gasteiger partial charge in [-0.2, -0.15) is 0 Å². The molecule has 0 saturated heterocycles. The molecule has 0 radical (unpaired) electrons. The van der Waals surface area contributed by atoms with E-state index in [1.165, 1.54) is 4.90 Å². The van der Waals surface area contributed by atoms with Gasteiger partial charge in [0.2, 0.25) is 0 Å². The van der Waals surface area contributed by atoms with Crippen LogP contribution in [-0.2, 0) is 6.54 Å². The summed E-state index contributed by atoms with van der Waals surface area (Å²) in [7, 11) is 3.40. The second-order valence-electron chi connectivity index (χ2n) is 7.75. The zero-order valence-electron chi connectivity index (χ0n) is 18.2. The number of aryl methyl sites for hydroxylation is 2. The van der Waals surface area contributed by atoms with E-state index in [-0.39, 0.29) is 17.6 Å². The summed E-state index contributed by atoms with van der Waals surface area (Å²) in [5, 5.41) is 2.87. The number of hydrogen-bond acceptors (Lipinski definition) is 3. The van der Waals surface area contributed by atoms with Gasteiger partial charge >= 0.3 is 0 Å². The fourth-order valence-corrected chi connectivity index (χ4v) is 3.22. The molecule has 158 valence electrons. The van der Waals surface area contributed by atoms with Gasteiger partial charge in [-0.3, -0.25) is 14.4 Å². The fraction of sp³-hybridized carbons (Fsp3) is 0.192. The van der Waals surface area contributed by atoms with E-state index in [1.807, 2.05) is 38.1 Å². The van der Waals surface area contributed by atoms with Crippen LogP contribution in [0.1, 0.15) is 53.3 Å². The van der Waals surface area contributed by atoms with Crippen LogP contribution in [-0.4, -0.2) is 36.6 Å². The summed E-state index contributed by atoms with van der Waals surface area (Å²) in [5.41, 5.74) is 4.86. The van der Waals surface area contributed by atoms with Crippen LogP contribution in [0.2, 0.25) is 0 Å². The maximum atomic E-state index is 13.0. The maximum absolute atomic E-state index is 13.0. The van der Waals surface area contributed by atoms with Gasteiger partial charge < -0.3 is 10.2 Å². The molecule has 2 amide bonds. The molecule has 0 aromatic heterocycles. The van der Waals surface area contributed by atoms with Crippen LogP contribution in [0, 0.1) is 13.8 Å². The van der Waals surface area contributed by atoms with E-state index < -0.39 is 0 Å². The summed E-state index contributed by atoms with van der Waals surface area (Å²) >= 11 is 0. The number of amides is 2. The fourth-order valence-electron chi connectivity index (χ4n) is 3.22. The second-order valence-corrected chi connectivity index (χ2v) is 7.75. The Kier molecular flexibility index (Phi) is 6.65. The standard InChI is InChI=1S/C26H26N2O3/c1-17-9-12-21(15-18(17)2)24(29)22-7-5-6-8-23(22)25(30)27-16-19-10-13-20(14-11-19)26(31)28(3)4/h5-15H,16H2,1-4H3,(H,27,30). The molecule has 0 atom stereocenters. The molecule has 0 aliphatic rings. The molecule has 0 heterocycles. The lowest BCUT2D eigenvalue weighted by atomic mass is 9.95. The Morgan fingerprint density at radius 2 is 1.39 bits per heavy atom. The van der Waals surface area contributed by atoms with Crippen molar-refractivity contribution < 1.29 is 14.4 Å². The number of carbonyl (C=O) groups excluding carboxylic acids is 3. The van der Waals surface area contributed by atoms with E-state index in [9.17, 15) is 14.4 Å². The molecule has 3 aromatic carbocycles. The van der Waals surface area contributed by atoms with E-state index in [0.717, 1.165) is 16.7 Å². The number of carbonyl (C=O) groups is 3. The normalized spacial score (nSPS) is 10.5. The SMILES string of the molecule is Cc1ccc(C(=O)c2ccccc2C(=O)NCc2ccc(C(=O)N(C)C)cc2)cc1C. The van der Waals surface area contributed by atoms with Crippen LogP contribution in [0.3, 0.4) is 0 Å². The summed E-state index contributed by atoms with van der Waals surface area (Å²) < 4.78 is 0. The van der Waals surface area contributed by atoms with Crippen LogP contribution in [0.5, 0.6) is 0 Å². The minimum Gasteiger partial charge on any atom is -0.348 e. The highest BCUT2D eigenvalue weighted by Gasteiger charge is 2.18. The first-order chi connectivity index (χ1) is 14.8. The molecule has 0 fully saturated rings. The highest BCUT2D eigenvalue weighted by Crippen LogP contribution is 2.18. The third kappa shape index (κ3) is 5.07. The summed E-state index contributed by atoms with van der Waals surface area (Å²) in [6, 6.07) is 19.5. The van der Waals surface area contributed by atoms with Gasteiger partial charge in [0.05, 0.1) is 5.56 Å². The highest BCUT2D eigenvalue weighted by atomic mass is 16.2. The molecule has 0 saturated carbocycles. The van der Waals surface area contributed by atoms with Crippen molar-refractivity contribution in [3.05, 3.63) is 106 Å². The van der Waals surface area contributed by atoms with Gasteiger partial charge in [-0.25, -0.2) is 0 Å². The Labute approximate surface area is 182 Å². The zero-order chi connectivity index (χ0) is 22.5. The molecule has 5 nitrogen and oxygen atoms in total. The Balaban J connectivity index is 1.75. The second kappa shape index (κ2) is 9.39. The molecule has 0 spiro atoms. The smallest absolute Gasteiger partial charge is 0.253 e. The highest BCUT2D eigenvalue weighted by molar-refractivity contribution is 6.15. The lowest BCUT2D eigenvalue weighted by Gasteiger charge is -2.12. The number of ketones is 1. The van der Waals surface area contributed by atoms with E-state index in [0.29, 0.717) is 28.8 Å². The molecular formula is C26H26N2O3. The lowest BCUT2D eigenvalue weighted by molar-refractivity contribution is 0.0827. The van der Waals surface area contributed by atoms with Gasteiger partial charge in [0.25, 0.3) is 11.8 Å². The van der Waals surface area contributed by atoms with Gasteiger partial charge in [0.15, 0.2) is 5.78 Å². The number of nitrogens with one attached hydrogen (secondary N) is 1. The average Bonchev–Trinajstić information content (AvgIpc) is 2.78. The van der Waals surface area contributed by atoms with Crippen molar-refractivity contribution in [2.45, 2.75) is 20.4 Å². The van der Waals surface area contributed by atoms with Crippen LogP contribution in [0.4, 0.5) is 0 Å². The van der Waals surface area contributed by atoms with Crippen molar-refractivity contribution in [2.24, 2.45) is 0 Å². The summed E-state index contributed by atoms with van der Waals surface area (Å²) in [6.45, 7) is 4.25. The molecule has 5 heteroatoms. The monoisotopic (exact) mass is 414 g/mol. The van der Waals surface area contributed by atoms with E-state index in [4.69, 9.17) is 0 Å². The molecular weight excluding hydrogens is 388 g/mol. The van der Waals surface area contributed by atoms with Gasteiger partial charge in [0, 0.05) is 37.3 Å². The first-order valence-corrected chi connectivity index (χ1v) is 10.1. The minimum atomic E-state index is -0.318. The summed E-state index contributed by atoms with van der Waals surface area (Å²) in [4.78, 5) is 39.4. The molecule has 1 N–H and O–H groups in total. The third-order valence-electron chi connectivity index (χ3n) is 5.25. The molecule has 0 unspecified atom stereocenters. The van der Waals surface area contributed by atoms with Crippen molar-refractivity contribution in [1.29, 1.82) is 0 Å². The van der Waals surface area contributed by atoms with E-state index in [1.54, 1.807) is 56.6 Å². The third-order valence-corrected chi connectivity index (χ3v) is 5.25. The van der Waals surface area contributed by atoms with Crippen molar-refractivity contribution >= 4 is 17.6 Å². The van der Waals surface area contributed by atoms with Crippen LogP contribution in [0.25, 0.3) is 0 Å². The molecule has 0 aliphatic carbocycles. The number of benzene rings is 3. The summed E-state index contributed by atoms with van der Waals surface area (Å²) in [5.74, 6) is -0.573. The van der Waals surface area contributed by atoms with Crippen molar-refractivity contribution in [3.8, 4) is 0 Å². The average molecular weight is 415 g/mol. The maximum Gasteiger partial charge on any atom is 0.253 e. The zero-order valence-corrected chi connectivity index (χ0v) is 18.2. The van der Waals surface area contributed by atoms with E-state index in [2.05, 4.69) is 5.32 Å². The van der Waals surface area contributed by atoms with Gasteiger partial charge in [-0.05, 0) is 54.8 Å². The quantitative estimate of drug-likeness (QED) is 0.616. The van der Waals surface area contributed by atoms with Crippen molar-refractivity contribution in [3.63, 3.8) is 0 Å². The predicted octanol–water partition coefficient (Wildman–Crippen LogP) is 4.17. The Morgan fingerprint density at radius 1 is 0.774 bits per heavy atom. The Hall–Kier alpha value is -3.73. The van der Waals surface area contributed by atoms with Gasteiger partial charge in [-0.15, -0.1) is 0 Å². The molecule has 0 bridgehead atoms. The summed E-state index contributed by atoms with van der Waals surface area (Å²) in [6.07, 6.45) is 0. The van der Waals surface area contributed by atoms with Crippen LogP contribution in [0.15, 0.2) is 66.7 Å². The van der Waals surface area contributed by atoms with Crippen molar-refractivity contribution in [1.82, 2.24) is 10.2 Å². The first kappa shape index (κ1) is 22.0. The first-order valence-electron chi connectivity index (χ1n) is 10.1. The molecule has 31 heavy (non-hydrogen) atoms. The van der Waals surface area contributed by atoms with Crippen LogP contribution < -0.4 is 5.32 Å². The van der Waals surface area contributed by atoms with Crippen molar-refractivity contribution in [2.75, 3.05) is 14.1 Å². The molecule has 3 aromatic rings. The number of hydrogen-bond donors (Lipinski definition) is 1. The number of rotatable bonds is 6. The Morgan fingerprint density at radius 3 is 2.00 bits per heavy atom. The lowest BCUT2D eigenvalue weighted by Crippen LogP contribution is -2.25. The topological polar surface area (TPSA) is 66.5 Å². The predicted molar refractivity (Wildman–Crippen MR) is 121 cm³/mol. The van der Waals surface area contributed by atoms with Crippen LogP contribution >= 0.6 is 0 Å². The van der Waals surface area contributed by atoms with Gasteiger partial charge in [0.1, 0.15) is 0 Å². The number of nitrogens with zero attached hydrogens (tertiary/aromatic N) is 1. The molecule has 3 rings (SSSR count). The van der Waals surface area contributed by atoms with Gasteiger partial charge in [-0.1, -0.05) is 42.5 Å². The van der Waals surface area contributed by atoms with E-state index >= 15 is 0 Å². The molecule has 0 aliphatic heterocycles. The minimum absolute atomic E-state index is 0.0747.